The summed E-state index contributed by atoms with van der Waals surface area (Å²) in [6.45, 7) is 6.51. The van der Waals surface area contributed by atoms with Crippen LogP contribution in [-0.4, -0.2) is 62.0 Å². The Hall–Kier alpha value is -2.80. The van der Waals surface area contributed by atoms with E-state index in [0.29, 0.717) is 18.6 Å². The Balaban J connectivity index is 1.53. The van der Waals surface area contributed by atoms with Gasteiger partial charge in [0.25, 0.3) is 5.78 Å². The van der Waals surface area contributed by atoms with Crippen LogP contribution >= 0.6 is 0 Å². The standard InChI is InChI=1S/C21H26N6O/c1-15-18(16(2)27-21(24-15)22-14-23-27)9-10-20(28)26-12-11-25(3)13-19(26)17-7-5-4-6-8-17/h4-8,14,19H,9-13H2,1-3H3/t19-/m0/s1. The maximum absolute atomic E-state index is 13.2. The fourth-order valence-electron chi connectivity index (χ4n) is 4.07. The molecule has 0 saturated carbocycles. The Labute approximate surface area is 165 Å². The van der Waals surface area contributed by atoms with E-state index in [-0.39, 0.29) is 11.9 Å². The van der Waals surface area contributed by atoms with Crippen LogP contribution < -0.4 is 0 Å². The number of nitrogens with zero attached hydrogens (tertiary/aromatic N) is 6. The van der Waals surface area contributed by atoms with Crippen LogP contribution in [0.15, 0.2) is 36.7 Å². The number of hydrogen-bond acceptors (Lipinski definition) is 5. The van der Waals surface area contributed by atoms with Crippen molar-refractivity contribution in [2.75, 3.05) is 26.7 Å². The van der Waals surface area contributed by atoms with E-state index in [0.717, 1.165) is 36.6 Å². The molecule has 1 amide bonds. The van der Waals surface area contributed by atoms with E-state index in [2.05, 4.69) is 39.1 Å². The summed E-state index contributed by atoms with van der Waals surface area (Å²) < 4.78 is 1.75. The molecule has 3 aromatic rings. The molecule has 1 aliphatic heterocycles. The molecule has 0 aliphatic carbocycles. The molecule has 7 heteroatoms. The average molecular weight is 378 g/mol. The maximum Gasteiger partial charge on any atom is 0.252 e. The highest BCUT2D eigenvalue weighted by Crippen LogP contribution is 2.26. The zero-order valence-corrected chi connectivity index (χ0v) is 16.7. The van der Waals surface area contributed by atoms with Crippen LogP contribution in [0.1, 0.15) is 35.0 Å². The van der Waals surface area contributed by atoms with Gasteiger partial charge in [-0.1, -0.05) is 30.3 Å². The predicted octanol–water partition coefficient (Wildman–Crippen LogP) is 2.19. The fraction of sp³-hybridized carbons (Fsp3) is 0.429. The third-order valence-electron chi connectivity index (χ3n) is 5.67. The second-order valence-corrected chi connectivity index (χ2v) is 7.51. The molecule has 0 bridgehead atoms. The molecule has 0 unspecified atom stereocenters. The monoisotopic (exact) mass is 378 g/mol. The highest BCUT2D eigenvalue weighted by Gasteiger charge is 2.30. The molecular formula is C21H26N6O. The van der Waals surface area contributed by atoms with Gasteiger partial charge >= 0.3 is 0 Å². The molecule has 0 radical (unpaired) electrons. The van der Waals surface area contributed by atoms with Gasteiger partial charge in [0.2, 0.25) is 5.91 Å². The summed E-state index contributed by atoms with van der Waals surface area (Å²) in [4.78, 5) is 26.2. The van der Waals surface area contributed by atoms with Crippen LogP contribution in [0.2, 0.25) is 0 Å². The molecule has 28 heavy (non-hydrogen) atoms. The van der Waals surface area contributed by atoms with E-state index in [4.69, 9.17) is 0 Å². The number of carbonyl (C=O) groups excluding carboxylic acids is 1. The molecule has 1 aromatic carbocycles. The van der Waals surface area contributed by atoms with Crippen LogP contribution in [0.4, 0.5) is 0 Å². The Morgan fingerprint density at radius 3 is 2.75 bits per heavy atom. The van der Waals surface area contributed by atoms with E-state index in [1.54, 1.807) is 4.52 Å². The topological polar surface area (TPSA) is 66.6 Å². The number of carbonyl (C=O) groups is 1. The second-order valence-electron chi connectivity index (χ2n) is 7.51. The third kappa shape index (κ3) is 3.49. The minimum atomic E-state index is 0.102. The lowest BCUT2D eigenvalue weighted by molar-refractivity contribution is -0.136. The molecule has 3 heterocycles. The Bertz CT molecular complexity index is 983. The summed E-state index contributed by atoms with van der Waals surface area (Å²) in [7, 11) is 2.11. The minimum Gasteiger partial charge on any atom is -0.333 e. The predicted molar refractivity (Wildman–Crippen MR) is 107 cm³/mol. The van der Waals surface area contributed by atoms with Gasteiger partial charge in [0, 0.05) is 37.4 Å². The second kappa shape index (κ2) is 7.67. The summed E-state index contributed by atoms with van der Waals surface area (Å²) in [5.41, 5.74) is 4.20. The van der Waals surface area contributed by atoms with Crippen LogP contribution in [0.25, 0.3) is 5.78 Å². The normalized spacial score (nSPS) is 18.0. The number of aryl methyl sites for hydroxylation is 2. The number of hydrogen-bond donors (Lipinski definition) is 0. The van der Waals surface area contributed by atoms with Gasteiger partial charge in [0.15, 0.2) is 0 Å². The Kier molecular flexibility index (Phi) is 5.09. The molecule has 0 N–H and O–H groups in total. The molecule has 1 fully saturated rings. The van der Waals surface area contributed by atoms with E-state index >= 15 is 0 Å². The van der Waals surface area contributed by atoms with Crippen molar-refractivity contribution in [3.8, 4) is 0 Å². The van der Waals surface area contributed by atoms with Gasteiger partial charge in [-0.15, -0.1) is 0 Å². The lowest BCUT2D eigenvalue weighted by Crippen LogP contribution is -2.49. The largest absolute Gasteiger partial charge is 0.333 e. The van der Waals surface area contributed by atoms with Gasteiger partial charge in [-0.3, -0.25) is 4.79 Å². The number of fused-ring (bicyclic) bond motifs is 1. The Morgan fingerprint density at radius 1 is 1.18 bits per heavy atom. The third-order valence-corrected chi connectivity index (χ3v) is 5.67. The number of rotatable bonds is 4. The summed E-state index contributed by atoms with van der Waals surface area (Å²) in [5, 5.41) is 4.24. The Morgan fingerprint density at radius 2 is 1.96 bits per heavy atom. The molecule has 0 spiro atoms. The SMILES string of the molecule is Cc1nc2ncnn2c(C)c1CCC(=O)N1CCN(C)C[C@H]1c1ccccc1. The van der Waals surface area contributed by atoms with E-state index < -0.39 is 0 Å². The van der Waals surface area contributed by atoms with Crippen molar-refractivity contribution in [3.63, 3.8) is 0 Å². The zero-order chi connectivity index (χ0) is 19.7. The molecule has 7 nitrogen and oxygen atoms in total. The van der Waals surface area contributed by atoms with Crippen molar-refractivity contribution in [2.45, 2.75) is 32.7 Å². The van der Waals surface area contributed by atoms with Crippen molar-refractivity contribution in [1.82, 2.24) is 29.4 Å². The molecule has 2 aromatic heterocycles. The molecule has 1 saturated heterocycles. The average Bonchev–Trinajstić information content (AvgIpc) is 3.17. The summed E-state index contributed by atoms with van der Waals surface area (Å²) in [6, 6.07) is 10.4. The quantitative estimate of drug-likeness (QED) is 0.696. The maximum atomic E-state index is 13.2. The van der Waals surface area contributed by atoms with Crippen molar-refractivity contribution >= 4 is 11.7 Å². The van der Waals surface area contributed by atoms with Crippen molar-refractivity contribution in [3.05, 3.63) is 59.2 Å². The first-order chi connectivity index (χ1) is 13.5. The van der Waals surface area contributed by atoms with Crippen molar-refractivity contribution in [1.29, 1.82) is 0 Å². The van der Waals surface area contributed by atoms with Gasteiger partial charge in [0.05, 0.1) is 6.04 Å². The van der Waals surface area contributed by atoms with Gasteiger partial charge in [-0.25, -0.2) is 9.50 Å². The molecule has 1 aliphatic rings. The number of aromatic nitrogens is 4. The van der Waals surface area contributed by atoms with Gasteiger partial charge in [0.1, 0.15) is 6.33 Å². The first-order valence-corrected chi connectivity index (χ1v) is 9.73. The van der Waals surface area contributed by atoms with Crippen LogP contribution in [0.3, 0.4) is 0 Å². The fourth-order valence-corrected chi connectivity index (χ4v) is 4.07. The van der Waals surface area contributed by atoms with E-state index in [1.807, 2.05) is 36.9 Å². The highest BCUT2D eigenvalue weighted by molar-refractivity contribution is 5.77. The lowest BCUT2D eigenvalue weighted by Gasteiger charge is -2.40. The summed E-state index contributed by atoms with van der Waals surface area (Å²) in [6.07, 6.45) is 2.64. The number of piperazine rings is 1. The zero-order valence-electron chi connectivity index (χ0n) is 16.7. The van der Waals surface area contributed by atoms with Crippen LogP contribution in [0.5, 0.6) is 0 Å². The van der Waals surface area contributed by atoms with Gasteiger partial charge in [-0.05, 0) is 38.4 Å². The first kappa shape index (κ1) is 18.6. The summed E-state index contributed by atoms with van der Waals surface area (Å²) >= 11 is 0. The lowest BCUT2D eigenvalue weighted by atomic mass is 10.0. The molecular weight excluding hydrogens is 352 g/mol. The highest BCUT2D eigenvalue weighted by atomic mass is 16.2. The van der Waals surface area contributed by atoms with Gasteiger partial charge in [-0.2, -0.15) is 10.1 Å². The number of benzene rings is 1. The number of likely N-dealkylation sites (N-methyl/N-ethyl adjacent to an activating group) is 1. The molecule has 146 valence electrons. The van der Waals surface area contributed by atoms with Gasteiger partial charge < -0.3 is 9.80 Å². The first-order valence-electron chi connectivity index (χ1n) is 9.73. The minimum absolute atomic E-state index is 0.102. The summed E-state index contributed by atoms with van der Waals surface area (Å²) in [5.74, 6) is 0.799. The van der Waals surface area contributed by atoms with Crippen molar-refractivity contribution < 1.29 is 4.79 Å². The van der Waals surface area contributed by atoms with Crippen LogP contribution in [-0.2, 0) is 11.2 Å². The number of amides is 1. The van der Waals surface area contributed by atoms with E-state index in [9.17, 15) is 4.79 Å². The van der Waals surface area contributed by atoms with Crippen molar-refractivity contribution in [2.24, 2.45) is 0 Å². The van der Waals surface area contributed by atoms with E-state index in [1.165, 1.54) is 11.9 Å². The molecule has 4 rings (SSSR count). The smallest absolute Gasteiger partial charge is 0.252 e. The van der Waals surface area contributed by atoms with Crippen LogP contribution in [0, 0.1) is 13.8 Å². The molecule has 1 atom stereocenters.